The third-order valence-corrected chi connectivity index (χ3v) is 3.63. The van der Waals surface area contributed by atoms with Gasteiger partial charge in [-0.2, -0.15) is 0 Å². The largest absolute Gasteiger partial charge is 0.495 e. The van der Waals surface area contributed by atoms with E-state index in [1.807, 2.05) is 0 Å². The third-order valence-electron chi connectivity index (χ3n) is 3.33. The summed E-state index contributed by atoms with van der Waals surface area (Å²) in [5, 5.41) is 5.31. The number of ether oxygens (including phenoxy) is 1. The van der Waals surface area contributed by atoms with E-state index in [9.17, 15) is 14.0 Å². The molecule has 24 heavy (non-hydrogen) atoms. The zero-order valence-electron chi connectivity index (χ0n) is 13.1. The highest BCUT2D eigenvalue weighted by atomic mass is 35.5. The Morgan fingerprint density at radius 3 is 2.38 bits per heavy atom. The van der Waals surface area contributed by atoms with Crippen LogP contribution < -0.4 is 15.4 Å². The van der Waals surface area contributed by atoms with Crippen LogP contribution >= 0.6 is 11.6 Å². The number of benzene rings is 2. The lowest BCUT2D eigenvalue weighted by atomic mass is 10.1. The Labute approximate surface area is 143 Å². The van der Waals surface area contributed by atoms with Gasteiger partial charge in [-0.25, -0.2) is 4.39 Å². The molecule has 0 aliphatic rings. The van der Waals surface area contributed by atoms with Crippen molar-refractivity contribution in [3.63, 3.8) is 0 Å². The lowest BCUT2D eigenvalue weighted by Gasteiger charge is -2.14. The summed E-state index contributed by atoms with van der Waals surface area (Å²) in [5.74, 6) is -1.54. The minimum atomic E-state index is -0.829. The standard InChI is InChI=1S/C17H16ClFN2O3/c1-10(11-3-5-12(19)6-4-11)20-16(22)17(23)21-13-7-8-15(24-2)14(18)9-13/h3-10H,1-2H3,(H,20,22)(H,21,23)/t10-/m0/s1. The van der Waals surface area contributed by atoms with Crippen LogP contribution in [-0.2, 0) is 9.59 Å². The number of methoxy groups -OCH3 is 1. The predicted molar refractivity (Wildman–Crippen MR) is 89.6 cm³/mol. The van der Waals surface area contributed by atoms with E-state index >= 15 is 0 Å². The highest BCUT2D eigenvalue weighted by Crippen LogP contribution is 2.27. The maximum Gasteiger partial charge on any atom is 0.313 e. The molecule has 0 unspecified atom stereocenters. The molecule has 2 aromatic carbocycles. The molecule has 0 radical (unpaired) electrons. The number of rotatable bonds is 4. The summed E-state index contributed by atoms with van der Waals surface area (Å²) < 4.78 is 17.9. The molecule has 0 saturated heterocycles. The van der Waals surface area contributed by atoms with Crippen LogP contribution in [-0.4, -0.2) is 18.9 Å². The average Bonchev–Trinajstić information content (AvgIpc) is 2.55. The zero-order chi connectivity index (χ0) is 17.7. The van der Waals surface area contributed by atoms with Crippen LogP contribution in [0, 0.1) is 5.82 Å². The van der Waals surface area contributed by atoms with E-state index in [4.69, 9.17) is 16.3 Å². The number of hydrogen-bond donors (Lipinski definition) is 2. The highest BCUT2D eigenvalue weighted by Gasteiger charge is 2.17. The quantitative estimate of drug-likeness (QED) is 0.831. The summed E-state index contributed by atoms with van der Waals surface area (Å²) in [4.78, 5) is 23.9. The molecule has 7 heteroatoms. The van der Waals surface area contributed by atoms with Crippen molar-refractivity contribution in [2.75, 3.05) is 12.4 Å². The summed E-state index contributed by atoms with van der Waals surface area (Å²) in [6.07, 6.45) is 0. The van der Waals surface area contributed by atoms with Crippen molar-refractivity contribution in [2.45, 2.75) is 13.0 Å². The first-order chi connectivity index (χ1) is 11.4. The minimum Gasteiger partial charge on any atom is -0.495 e. The van der Waals surface area contributed by atoms with Crippen molar-refractivity contribution < 1.29 is 18.7 Å². The minimum absolute atomic E-state index is 0.315. The molecule has 1 atom stereocenters. The molecule has 0 heterocycles. The van der Waals surface area contributed by atoms with Crippen molar-refractivity contribution in [2.24, 2.45) is 0 Å². The molecule has 0 spiro atoms. The van der Waals surface area contributed by atoms with E-state index in [2.05, 4.69) is 10.6 Å². The number of amides is 2. The number of halogens is 2. The average molecular weight is 351 g/mol. The first-order valence-electron chi connectivity index (χ1n) is 7.11. The van der Waals surface area contributed by atoms with Crippen LogP contribution in [0.1, 0.15) is 18.5 Å². The number of anilines is 1. The van der Waals surface area contributed by atoms with Gasteiger partial charge in [0.15, 0.2) is 0 Å². The Morgan fingerprint density at radius 2 is 1.79 bits per heavy atom. The van der Waals surface area contributed by atoms with E-state index in [0.29, 0.717) is 22.0 Å². The zero-order valence-corrected chi connectivity index (χ0v) is 13.9. The summed E-state index contributed by atoms with van der Waals surface area (Å²) in [6.45, 7) is 1.70. The van der Waals surface area contributed by atoms with Gasteiger partial charge in [-0.1, -0.05) is 23.7 Å². The molecule has 0 saturated carbocycles. The Hall–Kier alpha value is -2.60. The van der Waals surface area contributed by atoms with E-state index in [1.165, 1.54) is 25.3 Å². The molecule has 0 aliphatic carbocycles. The van der Waals surface area contributed by atoms with Crippen molar-refractivity contribution in [3.05, 3.63) is 58.9 Å². The molecule has 2 aromatic rings. The highest BCUT2D eigenvalue weighted by molar-refractivity contribution is 6.40. The maximum absolute atomic E-state index is 12.9. The number of carbonyl (C=O) groups is 2. The van der Waals surface area contributed by atoms with Gasteiger partial charge in [0.2, 0.25) is 0 Å². The first kappa shape index (κ1) is 17.7. The fourth-order valence-electron chi connectivity index (χ4n) is 2.03. The van der Waals surface area contributed by atoms with Crippen LogP contribution in [0.3, 0.4) is 0 Å². The Kier molecular flexibility index (Phi) is 5.76. The SMILES string of the molecule is COc1ccc(NC(=O)C(=O)N[C@@H](C)c2ccc(F)cc2)cc1Cl. The Bertz CT molecular complexity index is 750. The molecule has 0 bridgehead atoms. The van der Waals surface area contributed by atoms with Gasteiger partial charge in [0.05, 0.1) is 18.2 Å². The predicted octanol–water partition coefficient (Wildman–Crippen LogP) is 3.30. The number of hydrogen-bond acceptors (Lipinski definition) is 3. The van der Waals surface area contributed by atoms with Crippen molar-refractivity contribution in [3.8, 4) is 5.75 Å². The topological polar surface area (TPSA) is 67.4 Å². The smallest absolute Gasteiger partial charge is 0.313 e. The summed E-state index contributed by atoms with van der Waals surface area (Å²) >= 11 is 5.96. The molecule has 2 rings (SSSR count). The second kappa shape index (κ2) is 7.79. The second-order valence-electron chi connectivity index (χ2n) is 5.05. The van der Waals surface area contributed by atoms with Crippen LogP contribution in [0.2, 0.25) is 5.02 Å². The molecule has 2 N–H and O–H groups in total. The van der Waals surface area contributed by atoms with E-state index < -0.39 is 17.9 Å². The second-order valence-corrected chi connectivity index (χ2v) is 5.46. The Balaban J connectivity index is 1.98. The number of nitrogens with one attached hydrogen (secondary N) is 2. The van der Waals surface area contributed by atoms with Gasteiger partial charge >= 0.3 is 11.8 Å². The molecular formula is C17H16ClFN2O3. The van der Waals surface area contributed by atoms with Gasteiger partial charge in [-0.15, -0.1) is 0 Å². The monoisotopic (exact) mass is 350 g/mol. The van der Waals surface area contributed by atoms with E-state index in [-0.39, 0.29) is 5.82 Å². The van der Waals surface area contributed by atoms with Crippen LogP contribution in [0.25, 0.3) is 0 Å². The molecule has 5 nitrogen and oxygen atoms in total. The fourth-order valence-corrected chi connectivity index (χ4v) is 2.29. The van der Waals surface area contributed by atoms with Crippen molar-refractivity contribution in [1.82, 2.24) is 5.32 Å². The van der Waals surface area contributed by atoms with Gasteiger partial charge in [-0.3, -0.25) is 9.59 Å². The van der Waals surface area contributed by atoms with Gasteiger partial charge < -0.3 is 15.4 Å². The van der Waals surface area contributed by atoms with Gasteiger partial charge in [0, 0.05) is 5.69 Å². The first-order valence-corrected chi connectivity index (χ1v) is 7.49. The summed E-state index contributed by atoms with van der Waals surface area (Å²) in [5.41, 5.74) is 1.06. The van der Waals surface area contributed by atoms with Gasteiger partial charge in [0.1, 0.15) is 11.6 Å². The molecule has 126 valence electrons. The third kappa shape index (κ3) is 4.45. The molecule has 0 fully saturated rings. The lowest BCUT2D eigenvalue weighted by molar-refractivity contribution is -0.136. The Morgan fingerprint density at radius 1 is 1.12 bits per heavy atom. The normalized spacial score (nSPS) is 11.5. The van der Waals surface area contributed by atoms with Crippen molar-refractivity contribution in [1.29, 1.82) is 0 Å². The lowest BCUT2D eigenvalue weighted by Crippen LogP contribution is -2.36. The van der Waals surface area contributed by atoms with Crippen LogP contribution in [0.4, 0.5) is 10.1 Å². The van der Waals surface area contributed by atoms with Crippen molar-refractivity contribution >= 4 is 29.1 Å². The molecule has 0 aromatic heterocycles. The molecular weight excluding hydrogens is 335 g/mol. The van der Waals surface area contributed by atoms with E-state index in [0.717, 1.165) is 0 Å². The molecule has 2 amide bonds. The summed E-state index contributed by atoms with van der Waals surface area (Å²) in [7, 11) is 1.48. The summed E-state index contributed by atoms with van der Waals surface area (Å²) in [6, 6.07) is 9.85. The molecule has 0 aliphatic heterocycles. The van der Waals surface area contributed by atoms with Crippen LogP contribution in [0.5, 0.6) is 5.75 Å². The van der Waals surface area contributed by atoms with Crippen LogP contribution in [0.15, 0.2) is 42.5 Å². The fraction of sp³-hybridized carbons (Fsp3) is 0.176. The van der Waals surface area contributed by atoms with Gasteiger partial charge in [0.25, 0.3) is 0 Å². The maximum atomic E-state index is 12.9. The van der Waals surface area contributed by atoms with E-state index in [1.54, 1.807) is 31.2 Å². The van der Waals surface area contributed by atoms with Gasteiger partial charge in [-0.05, 0) is 42.8 Å². The number of carbonyl (C=O) groups excluding carboxylic acids is 2.